The Bertz CT molecular complexity index is 741. The van der Waals surface area contributed by atoms with E-state index in [1.165, 1.54) is 5.56 Å². The monoisotopic (exact) mass is 324 g/mol. The molecule has 1 aromatic carbocycles. The van der Waals surface area contributed by atoms with Gasteiger partial charge in [-0.2, -0.15) is 0 Å². The molecule has 1 aromatic heterocycles. The van der Waals surface area contributed by atoms with Gasteiger partial charge in [-0.15, -0.1) is 0 Å². The van der Waals surface area contributed by atoms with E-state index in [-0.39, 0.29) is 17.9 Å². The first kappa shape index (κ1) is 15.5. The van der Waals surface area contributed by atoms with E-state index < -0.39 is 0 Å². The number of hydrogen-bond acceptors (Lipinski definition) is 4. The molecule has 0 aliphatic carbocycles. The highest BCUT2D eigenvalue weighted by Gasteiger charge is 2.38. The van der Waals surface area contributed by atoms with Crippen molar-refractivity contribution in [1.82, 2.24) is 14.8 Å². The van der Waals surface area contributed by atoms with Crippen molar-refractivity contribution in [2.45, 2.75) is 25.4 Å². The van der Waals surface area contributed by atoms with Gasteiger partial charge in [0.25, 0.3) is 0 Å². The number of carbonyl (C=O) groups excluding carboxylic acids is 1. The third kappa shape index (κ3) is 3.01. The molecule has 2 fully saturated rings. The van der Waals surface area contributed by atoms with Gasteiger partial charge in [0.2, 0.25) is 5.91 Å². The van der Waals surface area contributed by atoms with Crippen LogP contribution in [0.25, 0.3) is 10.9 Å². The van der Waals surface area contributed by atoms with E-state index in [0.717, 1.165) is 56.5 Å². The van der Waals surface area contributed by atoms with E-state index in [2.05, 4.69) is 22.0 Å². The highest BCUT2D eigenvalue weighted by atomic mass is 16.2. The molecule has 2 aromatic rings. The van der Waals surface area contributed by atoms with E-state index in [4.69, 9.17) is 5.73 Å². The van der Waals surface area contributed by atoms with E-state index in [0.29, 0.717) is 0 Å². The van der Waals surface area contributed by atoms with Crippen LogP contribution in [0.5, 0.6) is 0 Å². The van der Waals surface area contributed by atoms with Crippen LogP contribution in [0, 0.1) is 5.92 Å². The van der Waals surface area contributed by atoms with Crippen molar-refractivity contribution in [2.24, 2.45) is 11.7 Å². The average molecular weight is 324 g/mol. The van der Waals surface area contributed by atoms with Crippen molar-refractivity contribution in [3.8, 4) is 0 Å². The first-order valence-electron chi connectivity index (χ1n) is 8.81. The lowest BCUT2D eigenvalue weighted by Crippen LogP contribution is -2.42. The second-order valence-electron chi connectivity index (χ2n) is 7.03. The Morgan fingerprint density at radius 1 is 1.21 bits per heavy atom. The first-order valence-corrected chi connectivity index (χ1v) is 8.81. The predicted molar refractivity (Wildman–Crippen MR) is 94.3 cm³/mol. The summed E-state index contributed by atoms with van der Waals surface area (Å²) >= 11 is 0. The molecule has 2 atom stereocenters. The molecule has 2 aliphatic rings. The van der Waals surface area contributed by atoms with Crippen molar-refractivity contribution < 1.29 is 4.79 Å². The zero-order valence-electron chi connectivity index (χ0n) is 13.9. The maximum Gasteiger partial charge on any atom is 0.228 e. The summed E-state index contributed by atoms with van der Waals surface area (Å²) < 4.78 is 0. The molecule has 5 heteroatoms. The van der Waals surface area contributed by atoms with Gasteiger partial charge < -0.3 is 10.6 Å². The molecule has 2 N–H and O–H groups in total. The summed E-state index contributed by atoms with van der Waals surface area (Å²) in [6.07, 6.45) is 4.18. The fraction of sp³-hybridized carbons (Fsp3) is 0.474. The first-order chi connectivity index (χ1) is 11.7. The summed E-state index contributed by atoms with van der Waals surface area (Å²) in [4.78, 5) is 21.4. The fourth-order valence-corrected chi connectivity index (χ4v) is 3.94. The van der Waals surface area contributed by atoms with Gasteiger partial charge in [-0.25, -0.2) is 0 Å². The Hall–Kier alpha value is -1.98. The minimum Gasteiger partial charge on any atom is -0.342 e. The molecule has 4 rings (SSSR count). The predicted octanol–water partition coefficient (Wildman–Crippen LogP) is 1.62. The van der Waals surface area contributed by atoms with Crippen LogP contribution < -0.4 is 5.73 Å². The molecule has 126 valence electrons. The van der Waals surface area contributed by atoms with E-state index in [1.54, 1.807) is 0 Å². The summed E-state index contributed by atoms with van der Waals surface area (Å²) in [6, 6.07) is 10.3. The Kier molecular flexibility index (Phi) is 4.21. The number of nitrogens with two attached hydrogens (primary N) is 1. The molecule has 24 heavy (non-hydrogen) atoms. The normalized spacial score (nSPS) is 24.8. The van der Waals surface area contributed by atoms with Gasteiger partial charge in [-0.3, -0.25) is 14.7 Å². The average Bonchev–Trinajstić information content (AvgIpc) is 3.24. The Morgan fingerprint density at radius 2 is 2.00 bits per heavy atom. The van der Waals surface area contributed by atoms with Gasteiger partial charge in [0.1, 0.15) is 0 Å². The third-order valence-electron chi connectivity index (χ3n) is 5.23. The lowest BCUT2D eigenvalue weighted by molar-refractivity contribution is -0.134. The van der Waals surface area contributed by atoms with Gasteiger partial charge in [0, 0.05) is 50.3 Å². The number of amides is 1. The van der Waals surface area contributed by atoms with Crippen molar-refractivity contribution in [3.63, 3.8) is 0 Å². The molecule has 1 amide bonds. The molecule has 0 unspecified atom stereocenters. The van der Waals surface area contributed by atoms with Crippen molar-refractivity contribution in [2.75, 3.05) is 26.2 Å². The van der Waals surface area contributed by atoms with Crippen LogP contribution in [-0.2, 0) is 11.3 Å². The molecule has 2 saturated heterocycles. The number of pyridine rings is 1. The molecular weight excluding hydrogens is 300 g/mol. The second kappa shape index (κ2) is 6.49. The van der Waals surface area contributed by atoms with Crippen LogP contribution in [0.4, 0.5) is 0 Å². The molecule has 2 aliphatic heterocycles. The number of fused-ring (bicyclic) bond motifs is 1. The number of carbonyl (C=O) groups is 1. The third-order valence-corrected chi connectivity index (χ3v) is 5.23. The lowest BCUT2D eigenvalue weighted by atomic mass is 10.0. The molecule has 5 nitrogen and oxygen atoms in total. The molecular formula is C19H24N4O. The van der Waals surface area contributed by atoms with Crippen molar-refractivity contribution in [1.29, 1.82) is 0 Å². The number of rotatable bonds is 3. The minimum absolute atomic E-state index is 0.0588. The zero-order chi connectivity index (χ0) is 16.5. The topological polar surface area (TPSA) is 62.5 Å². The molecule has 0 spiro atoms. The standard InChI is InChI=1S/C19H24N4O/c20-17-13-22(12-16(17)19(24)23-7-3-4-8-23)11-14-9-15-5-1-2-6-18(15)21-10-14/h1-2,5-6,9-10,16-17H,3-4,7-8,11-13,20H2/t16-,17+/m1/s1. The van der Waals surface area contributed by atoms with Crippen molar-refractivity contribution >= 4 is 16.8 Å². The number of benzene rings is 1. The summed E-state index contributed by atoms with van der Waals surface area (Å²) in [5.74, 6) is 0.190. The van der Waals surface area contributed by atoms with Gasteiger partial charge in [0.05, 0.1) is 11.4 Å². The number of likely N-dealkylation sites (tertiary alicyclic amines) is 2. The van der Waals surface area contributed by atoms with Gasteiger partial charge in [-0.1, -0.05) is 18.2 Å². The maximum atomic E-state index is 12.6. The van der Waals surface area contributed by atoms with Crippen molar-refractivity contribution in [3.05, 3.63) is 42.1 Å². The number of nitrogens with zero attached hydrogens (tertiary/aromatic N) is 3. The van der Waals surface area contributed by atoms with E-state index >= 15 is 0 Å². The molecule has 0 radical (unpaired) electrons. The van der Waals surface area contributed by atoms with Crippen LogP contribution in [-0.4, -0.2) is 52.9 Å². The summed E-state index contributed by atoms with van der Waals surface area (Å²) in [5.41, 5.74) is 8.47. The Morgan fingerprint density at radius 3 is 2.83 bits per heavy atom. The fourth-order valence-electron chi connectivity index (χ4n) is 3.94. The summed E-state index contributed by atoms with van der Waals surface area (Å²) in [5, 5.41) is 1.16. The molecule has 0 saturated carbocycles. The van der Waals surface area contributed by atoms with Gasteiger partial charge in [0.15, 0.2) is 0 Å². The zero-order valence-corrected chi connectivity index (χ0v) is 13.9. The SMILES string of the molecule is N[C@H]1CN(Cc2cnc3ccccc3c2)C[C@H]1C(=O)N1CCCC1. The van der Waals surface area contributed by atoms with E-state index in [1.807, 2.05) is 29.3 Å². The van der Waals surface area contributed by atoms with Gasteiger partial charge >= 0.3 is 0 Å². The molecule has 0 bridgehead atoms. The number of para-hydroxylation sites is 1. The highest BCUT2D eigenvalue weighted by molar-refractivity contribution is 5.80. The number of aromatic nitrogens is 1. The largest absolute Gasteiger partial charge is 0.342 e. The van der Waals surface area contributed by atoms with Crippen LogP contribution in [0.15, 0.2) is 36.5 Å². The second-order valence-corrected chi connectivity index (χ2v) is 7.03. The lowest BCUT2D eigenvalue weighted by Gasteiger charge is -2.22. The van der Waals surface area contributed by atoms with Crippen LogP contribution in [0.1, 0.15) is 18.4 Å². The maximum absolute atomic E-state index is 12.6. The quantitative estimate of drug-likeness (QED) is 0.932. The van der Waals surface area contributed by atoms with Crippen LogP contribution >= 0.6 is 0 Å². The summed E-state index contributed by atoms with van der Waals surface area (Å²) in [7, 11) is 0. The van der Waals surface area contributed by atoms with Gasteiger partial charge in [-0.05, 0) is 30.5 Å². The summed E-state index contributed by atoms with van der Waals surface area (Å²) in [6.45, 7) is 4.13. The Labute approximate surface area is 142 Å². The number of hydrogen-bond donors (Lipinski definition) is 1. The highest BCUT2D eigenvalue weighted by Crippen LogP contribution is 2.23. The Balaban J connectivity index is 1.44. The minimum atomic E-state index is -0.0634. The van der Waals surface area contributed by atoms with Crippen LogP contribution in [0.3, 0.4) is 0 Å². The smallest absolute Gasteiger partial charge is 0.228 e. The van der Waals surface area contributed by atoms with E-state index in [9.17, 15) is 4.79 Å². The molecule has 3 heterocycles. The van der Waals surface area contributed by atoms with Crippen LogP contribution in [0.2, 0.25) is 0 Å².